The van der Waals surface area contributed by atoms with Crippen molar-refractivity contribution in [1.29, 1.82) is 0 Å². The van der Waals surface area contributed by atoms with Crippen LogP contribution in [0.5, 0.6) is 0 Å². The largest absolute Gasteiger partial charge is 3.00 e. The Bertz CT molecular complexity index is 1360. The molecule has 3 aromatic carbocycles. The zero-order valence-corrected chi connectivity index (χ0v) is 28.4. The quantitative estimate of drug-likeness (QED) is 0.236. The van der Waals surface area contributed by atoms with Gasteiger partial charge >= 0.3 is 26.2 Å². The van der Waals surface area contributed by atoms with E-state index in [1.807, 2.05) is 11.3 Å². The molecule has 35 heavy (non-hydrogen) atoms. The Labute approximate surface area is 248 Å². The molecular weight excluding hydrogens is 599 g/mol. The van der Waals surface area contributed by atoms with E-state index >= 15 is 0 Å². The molecule has 0 amide bonds. The molecule has 1 radical (unpaired) electrons. The maximum absolute atomic E-state index is 2.51. The van der Waals surface area contributed by atoms with Crippen LogP contribution in [-0.4, -0.2) is 16.1 Å². The standard InChI is InChI=1S/C19H21Si.C10H12SSi.2ClH.Zr/c1-14-12-16-6-5-7-18(19(16)13-14)15-8-10-17(11-9-15)20(2,3)4;1-6-9-7-4-5-11-8(7)10(6)12(9,2)3;;;/h5-13H,1-4H3;4-5,9H,1-3H3;2*1H;/q-1;;;;+3/p-2. The molecule has 2 aliphatic heterocycles. The summed E-state index contributed by atoms with van der Waals surface area (Å²) in [7, 11) is -2.18. The van der Waals surface area contributed by atoms with Crippen molar-refractivity contribution in [2.75, 3.05) is 0 Å². The summed E-state index contributed by atoms with van der Waals surface area (Å²) in [6.45, 7) is 16.7. The van der Waals surface area contributed by atoms with Gasteiger partial charge in [0.15, 0.2) is 0 Å². The molecule has 1 aliphatic carbocycles. The second kappa shape index (κ2) is 11.0. The summed E-state index contributed by atoms with van der Waals surface area (Å²) in [5.41, 5.74) is 8.23. The van der Waals surface area contributed by atoms with Gasteiger partial charge in [0.25, 0.3) is 0 Å². The molecule has 0 spiro atoms. The van der Waals surface area contributed by atoms with Gasteiger partial charge in [-0.15, -0.1) is 45.9 Å². The Hall–Kier alpha value is -0.613. The zero-order chi connectivity index (χ0) is 22.8. The summed E-state index contributed by atoms with van der Waals surface area (Å²) in [6.07, 6.45) is 0. The third-order valence-electron chi connectivity index (χ3n) is 7.38. The van der Waals surface area contributed by atoms with Gasteiger partial charge in [-0.1, -0.05) is 86.3 Å². The maximum atomic E-state index is 2.51. The van der Waals surface area contributed by atoms with Crippen molar-refractivity contribution in [2.24, 2.45) is 0 Å². The topological polar surface area (TPSA) is 0 Å². The molecule has 3 heterocycles. The molecule has 0 nitrogen and oxygen atoms in total. The van der Waals surface area contributed by atoms with Gasteiger partial charge < -0.3 is 24.8 Å². The number of benzene rings is 2. The van der Waals surface area contributed by atoms with E-state index in [2.05, 4.69) is 113 Å². The normalized spacial score (nSPS) is 16.7. The van der Waals surface area contributed by atoms with Crippen LogP contribution in [0.1, 0.15) is 28.5 Å². The van der Waals surface area contributed by atoms with Crippen molar-refractivity contribution < 1.29 is 51.0 Å². The van der Waals surface area contributed by atoms with Gasteiger partial charge in [-0.2, -0.15) is 6.07 Å². The fourth-order valence-corrected chi connectivity index (χ4v) is 13.3. The second-order valence-electron chi connectivity index (χ2n) is 11.1. The molecule has 181 valence electrons. The van der Waals surface area contributed by atoms with Crippen LogP contribution in [0.2, 0.25) is 32.7 Å². The number of halogens is 2. The van der Waals surface area contributed by atoms with Crippen LogP contribution in [0.4, 0.5) is 0 Å². The number of rotatable bonds is 2. The summed E-state index contributed by atoms with van der Waals surface area (Å²) >= 11 is 1.94. The molecule has 3 aliphatic rings. The fourth-order valence-electron chi connectivity index (χ4n) is 5.89. The van der Waals surface area contributed by atoms with Crippen LogP contribution in [0, 0.1) is 6.92 Å². The molecule has 1 atom stereocenters. The predicted octanol–water partition coefficient (Wildman–Crippen LogP) is 2.50. The van der Waals surface area contributed by atoms with Gasteiger partial charge in [0.1, 0.15) is 0 Å². The minimum Gasteiger partial charge on any atom is -1.00 e. The summed E-state index contributed by atoms with van der Waals surface area (Å²) in [5.74, 6) is 0. The van der Waals surface area contributed by atoms with Gasteiger partial charge in [-0.05, 0) is 34.7 Å². The van der Waals surface area contributed by atoms with Crippen LogP contribution >= 0.6 is 11.3 Å². The fraction of sp³-hybridized carbons (Fsp3) is 0.276. The van der Waals surface area contributed by atoms with E-state index in [0.29, 0.717) is 0 Å². The van der Waals surface area contributed by atoms with Crippen molar-refractivity contribution in [1.82, 2.24) is 0 Å². The average molecular weight is 632 g/mol. The van der Waals surface area contributed by atoms with E-state index in [0.717, 1.165) is 5.54 Å². The molecule has 0 saturated heterocycles. The molecule has 0 N–H and O–H groups in total. The molecule has 1 aromatic heterocycles. The van der Waals surface area contributed by atoms with Crippen molar-refractivity contribution in [3.8, 4) is 11.1 Å². The van der Waals surface area contributed by atoms with Crippen LogP contribution in [0.3, 0.4) is 0 Å². The number of hydrogen-bond donors (Lipinski definition) is 0. The first kappa shape index (κ1) is 30.6. The van der Waals surface area contributed by atoms with Gasteiger partial charge in [0.2, 0.25) is 0 Å². The first-order valence-electron chi connectivity index (χ1n) is 11.6. The smallest absolute Gasteiger partial charge is 1.00 e. The molecule has 2 bridgehead atoms. The molecule has 0 saturated carbocycles. The SMILES string of the molecule is CC1=C2c3sccc3C1[Si]2(C)C.Cc1cc2c(-c3ccc([Si](C)(C)C)cc3)cccc2[cH-]1.[Cl-].[Cl-].[Zr+3]. The van der Waals surface area contributed by atoms with E-state index in [4.69, 9.17) is 0 Å². The van der Waals surface area contributed by atoms with Gasteiger partial charge in [-0.3, -0.25) is 0 Å². The summed E-state index contributed by atoms with van der Waals surface area (Å²) in [5, 5.41) is 8.25. The van der Waals surface area contributed by atoms with Crippen LogP contribution < -0.4 is 30.0 Å². The van der Waals surface area contributed by atoms with Crippen LogP contribution in [0.15, 0.2) is 71.6 Å². The predicted molar refractivity (Wildman–Crippen MR) is 150 cm³/mol. The minimum absolute atomic E-state index is 0. The Morgan fingerprint density at radius 2 is 1.57 bits per heavy atom. The molecule has 7 rings (SSSR count). The van der Waals surface area contributed by atoms with Gasteiger partial charge in [0.05, 0.1) is 16.1 Å². The average Bonchev–Trinajstić information content (AvgIpc) is 3.43. The second-order valence-corrected chi connectivity index (χ2v) is 21.6. The van der Waals surface area contributed by atoms with E-state index < -0.39 is 16.1 Å². The molecule has 1 unspecified atom stereocenters. The number of allylic oxidation sites excluding steroid dienone is 1. The van der Waals surface area contributed by atoms with Crippen molar-refractivity contribution in [3.05, 3.63) is 87.6 Å². The van der Waals surface area contributed by atoms with E-state index in [1.54, 1.807) is 21.2 Å². The van der Waals surface area contributed by atoms with Crippen LogP contribution in [-0.2, 0) is 26.2 Å². The zero-order valence-electron chi connectivity index (χ0n) is 21.6. The number of thiophene rings is 1. The monoisotopic (exact) mass is 629 g/mol. The first-order valence-corrected chi connectivity index (χ1v) is 19.1. The van der Waals surface area contributed by atoms with Crippen molar-refractivity contribution in [3.63, 3.8) is 0 Å². The van der Waals surface area contributed by atoms with E-state index in [9.17, 15) is 0 Å². The number of fused-ring (bicyclic) bond motifs is 1. The van der Waals surface area contributed by atoms with Gasteiger partial charge in [-0.25, -0.2) is 0 Å². The Morgan fingerprint density at radius 1 is 0.914 bits per heavy atom. The Kier molecular flexibility index (Phi) is 9.63. The minimum atomic E-state index is -1.21. The third-order valence-corrected chi connectivity index (χ3v) is 14.7. The number of aryl methyl sites for hydroxylation is 1. The Balaban J connectivity index is 0.000000249. The van der Waals surface area contributed by atoms with Crippen molar-refractivity contribution >= 4 is 48.6 Å². The Morgan fingerprint density at radius 3 is 2.14 bits per heavy atom. The molecular formula is C29H33Cl2SSi2Zr. The van der Waals surface area contributed by atoms with E-state index in [1.165, 1.54) is 32.6 Å². The van der Waals surface area contributed by atoms with Crippen molar-refractivity contribution in [2.45, 2.75) is 52.1 Å². The summed E-state index contributed by atoms with van der Waals surface area (Å²) in [4.78, 5) is 1.63. The third kappa shape index (κ3) is 5.22. The summed E-state index contributed by atoms with van der Waals surface area (Å²) in [6, 6.07) is 22.7. The molecule has 4 aromatic rings. The van der Waals surface area contributed by atoms with Gasteiger partial charge in [0, 0.05) is 10.4 Å². The number of hydrogen-bond acceptors (Lipinski definition) is 1. The summed E-state index contributed by atoms with van der Waals surface area (Å²) < 4.78 is 0. The molecule has 0 fully saturated rings. The molecule has 6 heteroatoms. The first-order chi connectivity index (χ1) is 15.1. The van der Waals surface area contributed by atoms with E-state index in [-0.39, 0.29) is 51.0 Å². The van der Waals surface area contributed by atoms with Crippen LogP contribution in [0.25, 0.3) is 27.1 Å². The maximum Gasteiger partial charge on any atom is 3.00 e.